The molecule has 1 aromatic heterocycles. The second-order valence-electron chi connectivity index (χ2n) is 2.74. The summed E-state index contributed by atoms with van der Waals surface area (Å²) < 4.78 is 1.43. The molecule has 4 nitrogen and oxygen atoms in total. The highest BCUT2D eigenvalue weighted by molar-refractivity contribution is 5.02. The Labute approximate surface area is 71.0 Å². The standard InChI is InChI=1S/C8H13N3O/c1-7-5-8(12)11(10-6-7)4-2-3-9/h5-6H,2-4,9H2,1H3. The molecule has 1 rings (SSSR count). The van der Waals surface area contributed by atoms with Crippen LogP contribution in [0.2, 0.25) is 0 Å². The predicted octanol–water partition coefficient (Wildman–Crippen LogP) is -0.0995. The number of aryl methyl sites for hydroxylation is 2. The van der Waals surface area contributed by atoms with Gasteiger partial charge in [0.05, 0.1) is 6.20 Å². The SMILES string of the molecule is Cc1cnn(CCCN)c(=O)c1. The molecule has 0 amide bonds. The number of nitrogens with two attached hydrogens (primary N) is 1. The number of hydrogen-bond acceptors (Lipinski definition) is 3. The van der Waals surface area contributed by atoms with E-state index in [1.807, 2.05) is 6.92 Å². The number of rotatable bonds is 3. The van der Waals surface area contributed by atoms with E-state index in [4.69, 9.17) is 5.73 Å². The Bertz CT molecular complexity index is 305. The summed E-state index contributed by atoms with van der Waals surface area (Å²) >= 11 is 0. The van der Waals surface area contributed by atoms with E-state index in [2.05, 4.69) is 5.10 Å². The summed E-state index contributed by atoms with van der Waals surface area (Å²) in [7, 11) is 0. The fourth-order valence-corrected chi connectivity index (χ4v) is 0.933. The van der Waals surface area contributed by atoms with Crippen LogP contribution in [0.1, 0.15) is 12.0 Å². The summed E-state index contributed by atoms with van der Waals surface area (Å²) in [5.74, 6) is 0. The average Bonchev–Trinajstić information content (AvgIpc) is 2.03. The van der Waals surface area contributed by atoms with Crippen LogP contribution in [0.4, 0.5) is 0 Å². The molecule has 0 saturated carbocycles. The second-order valence-corrected chi connectivity index (χ2v) is 2.74. The first-order valence-corrected chi connectivity index (χ1v) is 3.98. The van der Waals surface area contributed by atoms with Crippen molar-refractivity contribution in [2.24, 2.45) is 5.73 Å². The molecule has 1 aromatic rings. The molecule has 0 aromatic carbocycles. The van der Waals surface area contributed by atoms with Gasteiger partial charge in [0.25, 0.3) is 5.56 Å². The smallest absolute Gasteiger partial charge is 0.266 e. The van der Waals surface area contributed by atoms with Gasteiger partial charge < -0.3 is 5.73 Å². The van der Waals surface area contributed by atoms with Gasteiger partial charge in [-0.05, 0) is 25.5 Å². The lowest BCUT2D eigenvalue weighted by atomic mass is 10.3. The van der Waals surface area contributed by atoms with Crippen molar-refractivity contribution in [2.75, 3.05) is 6.54 Å². The Balaban J connectivity index is 2.80. The summed E-state index contributed by atoms with van der Waals surface area (Å²) in [5.41, 5.74) is 6.15. The molecule has 0 spiro atoms. The zero-order valence-electron chi connectivity index (χ0n) is 7.16. The molecular formula is C8H13N3O. The highest BCUT2D eigenvalue weighted by Gasteiger charge is 1.95. The molecule has 66 valence electrons. The van der Waals surface area contributed by atoms with Gasteiger partial charge in [-0.1, -0.05) is 0 Å². The third kappa shape index (κ3) is 2.17. The Hall–Kier alpha value is -1.16. The van der Waals surface area contributed by atoms with Crippen LogP contribution in [-0.2, 0) is 6.54 Å². The van der Waals surface area contributed by atoms with Crippen molar-refractivity contribution in [3.05, 3.63) is 28.2 Å². The van der Waals surface area contributed by atoms with E-state index in [1.54, 1.807) is 12.3 Å². The largest absolute Gasteiger partial charge is 0.330 e. The van der Waals surface area contributed by atoms with Gasteiger partial charge in [0.2, 0.25) is 0 Å². The van der Waals surface area contributed by atoms with Gasteiger partial charge in [-0.15, -0.1) is 0 Å². The third-order valence-corrected chi connectivity index (χ3v) is 1.58. The van der Waals surface area contributed by atoms with Crippen LogP contribution in [0.15, 0.2) is 17.1 Å². The normalized spacial score (nSPS) is 10.2. The van der Waals surface area contributed by atoms with Crippen molar-refractivity contribution in [3.63, 3.8) is 0 Å². The molecule has 0 radical (unpaired) electrons. The molecule has 0 aliphatic heterocycles. The van der Waals surface area contributed by atoms with E-state index >= 15 is 0 Å². The van der Waals surface area contributed by atoms with Gasteiger partial charge in [0.1, 0.15) is 0 Å². The number of hydrogen-bond donors (Lipinski definition) is 1. The molecule has 1 heterocycles. The van der Waals surface area contributed by atoms with E-state index in [0.29, 0.717) is 13.1 Å². The molecule has 0 saturated heterocycles. The van der Waals surface area contributed by atoms with Gasteiger partial charge in [0, 0.05) is 12.6 Å². The average molecular weight is 167 g/mol. The predicted molar refractivity (Wildman–Crippen MR) is 46.9 cm³/mol. The van der Waals surface area contributed by atoms with Gasteiger partial charge in [-0.3, -0.25) is 4.79 Å². The minimum absolute atomic E-state index is 0.0524. The zero-order chi connectivity index (χ0) is 8.97. The Kier molecular flexibility index (Phi) is 2.99. The fourth-order valence-electron chi connectivity index (χ4n) is 0.933. The maximum atomic E-state index is 11.2. The van der Waals surface area contributed by atoms with Crippen molar-refractivity contribution in [1.29, 1.82) is 0 Å². The number of aromatic nitrogens is 2. The van der Waals surface area contributed by atoms with Crippen LogP contribution < -0.4 is 11.3 Å². The lowest BCUT2D eigenvalue weighted by Crippen LogP contribution is -2.23. The van der Waals surface area contributed by atoms with Crippen LogP contribution in [-0.4, -0.2) is 16.3 Å². The molecule has 0 aliphatic rings. The zero-order valence-corrected chi connectivity index (χ0v) is 7.16. The van der Waals surface area contributed by atoms with Gasteiger partial charge in [-0.25, -0.2) is 4.68 Å². The Morgan fingerprint density at radius 2 is 2.42 bits per heavy atom. The van der Waals surface area contributed by atoms with E-state index in [-0.39, 0.29) is 5.56 Å². The lowest BCUT2D eigenvalue weighted by molar-refractivity contribution is 0.552. The molecule has 2 N–H and O–H groups in total. The highest BCUT2D eigenvalue weighted by Crippen LogP contribution is 1.87. The first-order chi connectivity index (χ1) is 5.74. The first kappa shape index (κ1) is 8.93. The maximum absolute atomic E-state index is 11.2. The third-order valence-electron chi connectivity index (χ3n) is 1.58. The monoisotopic (exact) mass is 167 g/mol. The van der Waals surface area contributed by atoms with Gasteiger partial charge >= 0.3 is 0 Å². The Morgan fingerprint density at radius 3 is 3.00 bits per heavy atom. The van der Waals surface area contributed by atoms with Crippen molar-refractivity contribution < 1.29 is 0 Å². The minimum atomic E-state index is -0.0524. The quantitative estimate of drug-likeness (QED) is 0.683. The second kappa shape index (κ2) is 4.01. The summed E-state index contributed by atoms with van der Waals surface area (Å²) in [6.07, 6.45) is 2.47. The molecule has 0 unspecified atom stereocenters. The van der Waals surface area contributed by atoms with Crippen LogP contribution in [0.3, 0.4) is 0 Å². The van der Waals surface area contributed by atoms with Crippen molar-refractivity contribution in [3.8, 4) is 0 Å². The van der Waals surface area contributed by atoms with E-state index in [0.717, 1.165) is 12.0 Å². The summed E-state index contributed by atoms with van der Waals surface area (Å²) in [6.45, 7) is 3.04. The lowest BCUT2D eigenvalue weighted by Gasteiger charge is -2.01. The van der Waals surface area contributed by atoms with Crippen molar-refractivity contribution in [2.45, 2.75) is 19.9 Å². The molecule has 0 atom stereocenters. The molecular weight excluding hydrogens is 154 g/mol. The van der Waals surface area contributed by atoms with Crippen LogP contribution >= 0.6 is 0 Å². The van der Waals surface area contributed by atoms with Gasteiger partial charge in [-0.2, -0.15) is 5.10 Å². The Morgan fingerprint density at radius 1 is 1.67 bits per heavy atom. The number of nitrogens with zero attached hydrogens (tertiary/aromatic N) is 2. The highest BCUT2D eigenvalue weighted by atomic mass is 16.1. The topological polar surface area (TPSA) is 60.9 Å². The molecule has 4 heteroatoms. The molecule has 0 fully saturated rings. The van der Waals surface area contributed by atoms with E-state index in [9.17, 15) is 4.79 Å². The van der Waals surface area contributed by atoms with E-state index in [1.165, 1.54) is 4.68 Å². The van der Waals surface area contributed by atoms with Crippen LogP contribution in [0, 0.1) is 6.92 Å². The van der Waals surface area contributed by atoms with Crippen LogP contribution in [0.5, 0.6) is 0 Å². The molecule has 0 aliphatic carbocycles. The van der Waals surface area contributed by atoms with Crippen molar-refractivity contribution in [1.82, 2.24) is 9.78 Å². The van der Waals surface area contributed by atoms with Crippen LogP contribution in [0.25, 0.3) is 0 Å². The molecule has 12 heavy (non-hydrogen) atoms. The van der Waals surface area contributed by atoms with Gasteiger partial charge in [0.15, 0.2) is 0 Å². The van der Waals surface area contributed by atoms with Crippen molar-refractivity contribution >= 4 is 0 Å². The molecule has 0 bridgehead atoms. The summed E-state index contributed by atoms with van der Waals surface area (Å²) in [4.78, 5) is 11.2. The van der Waals surface area contributed by atoms with E-state index < -0.39 is 0 Å². The minimum Gasteiger partial charge on any atom is -0.330 e. The first-order valence-electron chi connectivity index (χ1n) is 3.98. The summed E-state index contributed by atoms with van der Waals surface area (Å²) in [5, 5.41) is 3.96. The fraction of sp³-hybridized carbons (Fsp3) is 0.500. The summed E-state index contributed by atoms with van der Waals surface area (Å²) in [6, 6.07) is 1.57. The maximum Gasteiger partial charge on any atom is 0.266 e.